The molecule has 1 amide bonds. The Balaban J connectivity index is 1.92. The van der Waals surface area contributed by atoms with Gasteiger partial charge < -0.3 is 16.2 Å². The van der Waals surface area contributed by atoms with Crippen LogP contribution in [0.2, 0.25) is 0 Å². The van der Waals surface area contributed by atoms with Crippen molar-refractivity contribution in [1.29, 1.82) is 0 Å². The second-order valence-electron chi connectivity index (χ2n) is 5.57. The van der Waals surface area contributed by atoms with E-state index in [9.17, 15) is 9.59 Å². The number of rotatable bonds is 6. The third-order valence-corrected chi connectivity index (χ3v) is 3.82. The van der Waals surface area contributed by atoms with E-state index in [-0.39, 0.29) is 24.3 Å². The molecule has 96 valence electrons. The summed E-state index contributed by atoms with van der Waals surface area (Å²) in [6.07, 6.45) is 3.99. The maximum Gasteiger partial charge on any atom is 0.305 e. The van der Waals surface area contributed by atoms with Gasteiger partial charge in [-0.1, -0.05) is 0 Å². The molecule has 0 saturated heterocycles. The molecule has 0 radical (unpaired) electrons. The molecule has 2 rings (SSSR count). The number of nitrogens with two attached hydrogens (primary N) is 1. The van der Waals surface area contributed by atoms with E-state index in [1.165, 1.54) is 0 Å². The molecule has 2 atom stereocenters. The quantitative estimate of drug-likeness (QED) is 0.629. The lowest BCUT2D eigenvalue weighted by molar-refractivity contribution is -0.138. The Morgan fingerprint density at radius 3 is 2.41 bits per heavy atom. The highest BCUT2D eigenvalue weighted by Gasteiger charge is 2.45. The molecule has 0 spiro atoms. The molecule has 0 aromatic heterocycles. The largest absolute Gasteiger partial charge is 0.481 e. The number of carboxylic acids is 1. The monoisotopic (exact) mass is 240 g/mol. The van der Waals surface area contributed by atoms with Crippen molar-refractivity contribution in [3.05, 3.63) is 0 Å². The Morgan fingerprint density at radius 1 is 1.41 bits per heavy atom. The fraction of sp³-hybridized carbons (Fsp3) is 0.833. The summed E-state index contributed by atoms with van der Waals surface area (Å²) >= 11 is 0. The lowest BCUT2D eigenvalue weighted by atomic mass is 9.95. The fourth-order valence-corrected chi connectivity index (χ4v) is 2.21. The van der Waals surface area contributed by atoms with Crippen molar-refractivity contribution in [2.24, 2.45) is 17.6 Å². The zero-order valence-corrected chi connectivity index (χ0v) is 10.1. The third kappa shape index (κ3) is 2.97. The van der Waals surface area contributed by atoms with E-state index in [1.807, 2.05) is 0 Å². The number of nitrogens with one attached hydrogen (secondary N) is 1. The van der Waals surface area contributed by atoms with Gasteiger partial charge in [0.15, 0.2) is 0 Å². The molecule has 2 fully saturated rings. The van der Waals surface area contributed by atoms with Crippen molar-refractivity contribution in [2.45, 2.75) is 50.6 Å². The molecule has 0 aromatic carbocycles. The van der Waals surface area contributed by atoms with Crippen LogP contribution in [0.15, 0.2) is 0 Å². The van der Waals surface area contributed by atoms with Gasteiger partial charge in [-0.3, -0.25) is 9.59 Å². The third-order valence-electron chi connectivity index (χ3n) is 3.82. The number of carboxylic acid groups (broad SMARTS) is 1. The molecule has 5 nitrogen and oxygen atoms in total. The van der Waals surface area contributed by atoms with Gasteiger partial charge in [-0.25, -0.2) is 0 Å². The van der Waals surface area contributed by atoms with Crippen LogP contribution in [-0.4, -0.2) is 28.6 Å². The van der Waals surface area contributed by atoms with Crippen LogP contribution >= 0.6 is 0 Å². The molecular weight excluding hydrogens is 220 g/mol. The van der Waals surface area contributed by atoms with E-state index in [4.69, 9.17) is 10.8 Å². The molecule has 2 unspecified atom stereocenters. The molecule has 0 bridgehead atoms. The van der Waals surface area contributed by atoms with Crippen LogP contribution in [0, 0.1) is 11.8 Å². The molecule has 4 N–H and O–H groups in total. The predicted octanol–water partition coefficient (Wildman–Crippen LogP) is 0.483. The van der Waals surface area contributed by atoms with Crippen LogP contribution in [0.25, 0.3) is 0 Å². The lowest BCUT2D eigenvalue weighted by Gasteiger charge is -2.26. The first-order valence-corrected chi connectivity index (χ1v) is 6.23. The molecule has 2 saturated carbocycles. The first-order chi connectivity index (χ1) is 7.91. The summed E-state index contributed by atoms with van der Waals surface area (Å²) < 4.78 is 0. The van der Waals surface area contributed by atoms with Crippen LogP contribution in [0.5, 0.6) is 0 Å². The number of aliphatic carboxylic acids is 1. The molecular formula is C12H20N2O3. The first kappa shape index (κ1) is 12.4. The normalized spacial score (nSPS) is 24.8. The Hall–Kier alpha value is -1.10. The molecule has 0 aromatic rings. The van der Waals surface area contributed by atoms with Crippen LogP contribution in [0.3, 0.4) is 0 Å². The summed E-state index contributed by atoms with van der Waals surface area (Å²) in [6, 6.07) is -0.248. The van der Waals surface area contributed by atoms with Gasteiger partial charge in [-0.05, 0) is 44.4 Å². The highest BCUT2D eigenvalue weighted by molar-refractivity contribution is 5.87. The number of carbonyl (C=O) groups is 2. The average Bonchev–Trinajstić information content (AvgIpc) is 3.05. The molecule has 0 aliphatic heterocycles. The maximum atomic E-state index is 12.0. The Labute approximate surface area is 101 Å². The second-order valence-corrected chi connectivity index (χ2v) is 5.57. The van der Waals surface area contributed by atoms with Crippen molar-refractivity contribution in [3.8, 4) is 0 Å². The smallest absolute Gasteiger partial charge is 0.305 e. The molecule has 5 heteroatoms. The Morgan fingerprint density at radius 2 is 2.00 bits per heavy atom. The fourth-order valence-electron chi connectivity index (χ4n) is 2.21. The first-order valence-electron chi connectivity index (χ1n) is 6.23. The zero-order chi connectivity index (χ0) is 12.6. The van der Waals surface area contributed by atoms with Gasteiger partial charge in [0, 0.05) is 6.04 Å². The van der Waals surface area contributed by atoms with E-state index in [0.717, 1.165) is 25.7 Å². The van der Waals surface area contributed by atoms with Gasteiger partial charge >= 0.3 is 5.97 Å². The molecule has 17 heavy (non-hydrogen) atoms. The van der Waals surface area contributed by atoms with Crippen LogP contribution in [-0.2, 0) is 9.59 Å². The van der Waals surface area contributed by atoms with Gasteiger partial charge in [-0.15, -0.1) is 0 Å². The number of carbonyl (C=O) groups excluding carboxylic acids is 1. The number of hydrogen-bond donors (Lipinski definition) is 3. The minimum atomic E-state index is -0.868. The van der Waals surface area contributed by atoms with E-state index in [0.29, 0.717) is 5.92 Å². The SMILES string of the molecule is CC(N)(C(=O)NC(CC(=O)O)C1CC1)C1CC1. The summed E-state index contributed by atoms with van der Waals surface area (Å²) in [5, 5.41) is 11.6. The summed E-state index contributed by atoms with van der Waals surface area (Å²) in [7, 11) is 0. The van der Waals surface area contributed by atoms with Crippen molar-refractivity contribution in [3.63, 3.8) is 0 Å². The summed E-state index contributed by atoms with van der Waals surface area (Å²) in [5.74, 6) is -0.484. The molecule has 2 aliphatic carbocycles. The number of hydrogen-bond acceptors (Lipinski definition) is 3. The second kappa shape index (κ2) is 4.29. The standard InChI is InChI=1S/C12H20N2O3/c1-12(13,8-4-5-8)11(17)14-9(6-10(15)16)7-2-3-7/h7-9H,2-6,13H2,1H3,(H,14,17)(H,15,16). The minimum Gasteiger partial charge on any atom is -0.481 e. The predicted molar refractivity (Wildman–Crippen MR) is 62.2 cm³/mol. The van der Waals surface area contributed by atoms with Crippen LogP contribution in [0.1, 0.15) is 39.0 Å². The summed E-state index contributed by atoms with van der Waals surface area (Å²) in [5.41, 5.74) is 5.16. The van der Waals surface area contributed by atoms with Crippen molar-refractivity contribution >= 4 is 11.9 Å². The van der Waals surface area contributed by atoms with Crippen LogP contribution < -0.4 is 11.1 Å². The molecule has 2 aliphatic rings. The van der Waals surface area contributed by atoms with E-state index in [2.05, 4.69) is 5.32 Å². The van der Waals surface area contributed by atoms with Gasteiger partial charge in [0.05, 0.1) is 12.0 Å². The molecule has 0 heterocycles. The zero-order valence-electron chi connectivity index (χ0n) is 10.1. The average molecular weight is 240 g/mol. The van der Waals surface area contributed by atoms with E-state index in [1.54, 1.807) is 6.92 Å². The van der Waals surface area contributed by atoms with Gasteiger partial charge in [0.2, 0.25) is 5.91 Å². The summed E-state index contributed by atoms with van der Waals surface area (Å²) in [4.78, 5) is 22.8. The van der Waals surface area contributed by atoms with Gasteiger partial charge in [-0.2, -0.15) is 0 Å². The van der Waals surface area contributed by atoms with Crippen molar-refractivity contribution < 1.29 is 14.7 Å². The minimum absolute atomic E-state index is 0.00282. The Bertz CT molecular complexity index is 333. The highest BCUT2D eigenvalue weighted by Crippen LogP contribution is 2.39. The van der Waals surface area contributed by atoms with Gasteiger partial charge in [0.1, 0.15) is 0 Å². The van der Waals surface area contributed by atoms with Crippen molar-refractivity contribution in [1.82, 2.24) is 5.32 Å². The van der Waals surface area contributed by atoms with Crippen molar-refractivity contribution in [2.75, 3.05) is 0 Å². The topological polar surface area (TPSA) is 92.4 Å². The Kier molecular flexibility index (Phi) is 3.12. The highest BCUT2D eigenvalue weighted by atomic mass is 16.4. The number of amides is 1. The van der Waals surface area contributed by atoms with Gasteiger partial charge in [0.25, 0.3) is 0 Å². The van der Waals surface area contributed by atoms with E-state index >= 15 is 0 Å². The maximum absolute atomic E-state index is 12.0. The van der Waals surface area contributed by atoms with Crippen LogP contribution in [0.4, 0.5) is 0 Å². The summed E-state index contributed by atoms with van der Waals surface area (Å²) in [6.45, 7) is 1.74. The van der Waals surface area contributed by atoms with E-state index < -0.39 is 11.5 Å². The lowest BCUT2D eigenvalue weighted by Crippen LogP contribution is -2.56.